The van der Waals surface area contributed by atoms with Crippen LogP contribution in [0.15, 0.2) is 20.6 Å². The molecule has 0 aromatic heterocycles. The van der Waals surface area contributed by atoms with Crippen molar-refractivity contribution in [2.45, 2.75) is 25.7 Å². The van der Waals surface area contributed by atoms with Crippen LogP contribution in [0.5, 0.6) is 0 Å². The van der Waals surface area contributed by atoms with Crippen LogP contribution in [0.25, 0.3) is 0 Å². The Kier molecular flexibility index (Phi) is 2.10. The first kappa shape index (κ1) is 6.86. The van der Waals surface area contributed by atoms with Gasteiger partial charge in [0.05, 0.1) is 0 Å². The largest absolute Gasteiger partial charge is 0.101 e. The Labute approximate surface area is 70.1 Å². The number of hydrogen-bond donors (Lipinski definition) is 0. The third-order valence-corrected chi connectivity index (χ3v) is 4.16. The molecule has 54 valence electrons. The van der Waals surface area contributed by atoms with Crippen LogP contribution in [-0.2, 0) is 0 Å². The molecule has 1 aliphatic heterocycles. The molecule has 0 aromatic rings. The Morgan fingerprint density at radius 3 is 1.90 bits per heavy atom. The van der Waals surface area contributed by atoms with Crippen LogP contribution >= 0.6 is 23.5 Å². The fraction of sp³-hybridized carbons (Fsp3) is 0.500. The molecule has 0 saturated carbocycles. The molecule has 0 saturated heterocycles. The van der Waals surface area contributed by atoms with Crippen LogP contribution < -0.4 is 0 Å². The van der Waals surface area contributed by atoms with Gasteiger partial charge in [0.1, 0.15) is 0 Å². The first-order valence-electron chi connectivity index (χ1n) is 3.67. The van der Waals surface area contributed by atoms with Gasteiger partial charge in [-0.1, -0.05) is 0 Å². The molecule has 0 unspecified atom stereocenters. The van der Waals surface area contributed by atoms with Gasteiger partial charge in [-0.15, -0.1) is 23.5 Å². The molecule has 10 heavy (non-hydrogen) atoms. The summed E-state index contributed by atoms with van der Waals surface area (Å²) < 4.78 is 0. The van der Waals surface area contributed by atoms with Crippen LogP contribution in [0, 0.1) is 0 Å². The van der Waals surface area contributed by atoms with Crippen molar-refractivity contribution in [1.29, 1.82) is 0 Å². The molecular weight excluding hydrogens is 160 g/mol. The van der Waals surface area contributed by atoms with Crippen molar-refractivity contribution in [2.24, 2.45) is 0 Å². The van der Waals surface area contributed by atoms with E-state index in [2.05, 4.69) is 10.8 Å². The molecular formula is C8H10S2. The third-order valence-electron chi connectivity index (χ3n) is 1.84. The lowest BCUT2D eigenvalue weighted by atomic mass is 10.1. The summed E-state index contributed by atoms with van der Waals surface area (Å²) in [6.45, 7) is 0. The number of rotatable bonds is 0. The minimum Gasteiger partial charge on any atom is -0.101 e. The lowest BCUT2D eigenvalue weighted by Crippen LogP contribution is -1.94. The molecule has 0 amide bonds. The highest BCUT2D eigenvalue weighted by Gasteiger charge is 2.13. The molecule has 0 nitrogen and oxygen atoms in total. The van der Waals surface area contributed by atoms with Crippen LogP contribution in [-0.4, -0.2) is 0 Å². The maximum Gasteiger partial charge on any atom is -0.000979 e. The van der Waals surface area contributed by atoms with E-state index in [0.29, 0.717) is 0 Å². The Balaban J connectivity index is 2.17. The smallest absolute Gasteiger partial charge is 0.000979 e. The minimum absolute atomic E-state index is 1.33. The molecule has 0 fully saturated rings. The van der Waals surface area contributed by atoms with E-state index < -0.39 is 0 Å². The fourth-order valence-corrected chi connectivity index (χ4v) is 3.37. The molecule has 1 heterocycles. The van der Waals surface area contributed by atoms with E-state index in [1.807, 2.05) is 23.5 Å². The van der Waals surface area contributed by atoms with Crippen LogP contribution in [0.1, 0.15) is 25.7 Å². The van der Waals surface area contributed by atoms with E-state index in [1.54, 1.807) is 9.81 Å². The standard InChI is InChI=1S/C8H10S2/c1-2-4-8-7(3-1)9-5-6-10-8/h5-6H,1-4H2. The van der Waals surface area contributed by atoms with Crippen molar-refractivity contribution < 1.29 is 0 Å². The van der Waals surface area contributed by atoms with Crippen molar-refractivity contribution in [3.8, 4) is 0 Å². The summed E-state index contributed by atoms with van der Waals surface area (Å²) in [7, 11) is 0. The highest BCUT2D eigenvalue weighted by Crippen LogP contribution is 2.43. The zero-order valence-corrected chi connectivity index (χ0v) is 7.43. The van der Waals surface area contributed by atoms with Crippen molar-refractivity contribution in [3.63, 3.8) is 0 Å². The normalized spacial score (nSPS) is 24.8. The summed E-state index contributed by atoms with van der Waals surface area (Å²) in [5.74, 6) is 0. The average molecular weight is 170 g/mol. The van der Waals surface area contributed by atoms with Gasteiger partial charge in [0.15, 0.2) is 0 Å². The second-order valence-corrected chi connectivity index (χ2v) is 4.56. The Morgan fingerprint density at radius 2 is 1.40 bits per heavy atom. The van der Waals surface area contributed by atoms with Crippen molar-refractivity contribution in [3.05, 3.63) is 20.6 Å². The van der Waals surface area contributed by atoms with Gasteiger partial charge >= 0.3 is 0 Å². The van der Waals surface area contributed by atoms with E-state index in [0.717, 1.165) is 0 Å². The van der Waals surface area contributed by atoms with E-state index in [-0.39, 0.29) is 0 Å². The van der Waals surface area contributed by atoms with Gasteiger partial charge in [-0.05, 0) is 46.3 Å². The van der Waals surface area contributed by atoms with Crippen molar-refractivity contribution in [2.75, 3.05) is 0 Å². The quantitative estimate of drug-likeness (QED) is 0.543. The number of thioether (sulfide) groups is 2. The third kappa shape index (κ3) is 1.28. The molecule has 0 bridgehead atoms. The Bertz CT molecular complexity index is 171. The number of allylic oxidation sites excluding steroid dienone is 2. The SMILES string of the molecule is C1=CSC2=C(CCCC2)S1. The minimum atomic E-state index is 1.33. The lowest BCUT2D eigenvalue weighted by Gasteiger charge is -2.19. The van der Waals surface area contributed by atoms with Crippen LogP contribution in [0.3, 0.4) is 0 Å². The van der Waals surface area contributed by atoms with Crippen LogP contribution in [0.2, 0.25) is 0 Å². The highest BCUT2D eigenvalue weighted by molar-refractivity contribution is 8.12. The zero-order valence-electron chi connectivity index (χ0n) is 5.80. The van der Waals surface area contributed by atoms with Gasteiger partial charge in [0.25, 0.3) is 0 Å². The summed E-state index contributed by atoms with van der Waals surface area (Å²) in [6, 6.07) is 0. The number of hydrogen-bond acceptors (Lipinski definition) is 2. The van der Waals surface area contributed by atoms with Crippen LogP contribution in [0.4, 0.5) is 0 Å². The molecule has 2 rings (SSSR count). The van der Waals surface area contributed by atoms with E-state index in [1.165, 1.54) is 25.7 Å². The molecule has 0 aromatic carbocycles. The molecule has 0 spiro atoms. The first-order valence-corrected chi connectivity index (χ1v) is 5.43. The van der Waals surface area contributed by atoms with Crippen molar-refractivity contribution in [1.82, 2.24) is 0 Å². The zero-order chi connectivity index (χ0) is 6.81. The summed E-state index contributed by atoms with van der Waals surface area (Å²) >= 11 is 3.85. The predicted octanol–water partition coefficient (Wildman–Crippen LogP) is 3.72. The summed E-state index contributed by atoms with van der Waals surface area (Å²) in [6.07, 6.45) is 5.47. The maximum atomic E-state index is 2.20. The lowest BCUT2D eigenvalue weighted by molar-refractivity contribution is 0.717. The van der Waals surface area contributed by atoms with E-state index in [9.17, 15) is 0 Å². The fourth-order valence-electron chi connectivity index (χ4n) is 1.32. The Morgan fingerprint density at radius 1 is 0.900 bits per heavy atom. The van der Waals surface area contributed by atoms with Gasteiger partial charge in [0, 0.05) is 0 Å². The van der Waals surface area contributed by atoms with Gasteiger partial charge in [-0.3, -0.25) is 0 Å². The van der Waals surface area contributed by atoms with Gasteiger partial charge < -0.3 is 0 Å². The summed E-state index contributed by atoms with van der Waals surface area (Å²) in [5.41, 5.74) is 0. The van der Waals surface area contributed by atoms with Gasteiger partial charge in [0.2, 0.25) is 0 Å². The topological polar surface area (TPSA) is 0 Å². The predicted molar refractivity (Wildman–Crippen MR) is 49.8 cm³/mol. The second-order valence-electron chi connectivity index (χ2n) is 2.56. The molecule has 0 radical (unpaired) electrons. The van der Waals surface area contributed by atoms with E-state index >= 15 is 0 Å². The maximum absolute atomic E-state index is 2.20. The van der Waals surface area contributed by atoms with Gasteiger partial charge in [-0.25, -0.2) is 0 Å². The average Bonchev–Trinajstić information content (AvgIpc) is 2.05. The van der Waals surface area contributed by atoms with Gasteiger partial charge in [-0.2, -0.15) is 0 Å². The van der Waals surface area contributed by atoms with E-state index in [4.69, 9.17) is 0 Å². The molecule has 0 atom stereocenters. The summed E-state index contributed by atoms with van der Waals surface area (Å²) in [4.78, 5) is 3.28. The Hall–Kier alpha value is 0.180. The monoisotopic (exact) mass is 170 g/mol. The highest BCUT2D eigenvalue weighted by atomic mass is 32.2. The molecule has 2 aliphatic rings. The molecule has 0 N–H and O–H groups in total. The van der Waals surface area contributed by atoms with Crippen molar-refractivity contribution >= 4 is 23.5 Å². The second kappa shape index (κ2) is 3.05. The molecule has 2 heteroatoms. The molecule has 1 aliphatic carbocycles. The first-order chi connectivity index (χ1) is 4.97. The summed E-state index contributed by atoms with van der Waals surface area (Å²) in [5, 5.41) is 4.41.